The van der Waals surface area contributed by atoms with Gasteiger partial charge in [-0.3, -0.25) is 0 Å². The topological polar surface area (TPSA) is 78.1 Å². The number of benzene rings is 1. The van der Waals surface area contributed by atoms with E-state index in [4.69, 9.17) is 9.26 Å². The number of nitrogens with zero attached hydrogens (tertiary/aromatic N) is 3. The number of hydrogen-bond donors (Lipinski definition) is 0. The van der Waals surface area contributed by atoms with Gasteiger partial charge in [-0.15, -0.1) is 11.3 Å². The first-order valence-corrected chi connectivity index (χ1v) is 7.26. The lowest BCUT2D eigenvalue weighted by atomic mass is 10.1. The number of carbonyl (C=O) groups excluding carboxylic acids is 1. The smallest absolute Gasteiger partial charge is 0.358 e. The number of ether oxygens (including phenoxy) is 1. The summed E-state index contributed by atoms with van der Waals surface area (Å²) in [7, 11) is 0. The van der Waals surface area contributed by atoms with Crippen LogP contribution in [0.5, 0.6) is 0 Å². The first-order chi connectivity index (χ1) is 10.7. The summed E-state index contributed by atoms with van der Waals surface area (Å²) in [5.74, 6) is -0.210. The van der Waals surface area contributed by atoms with Crippen LogP contribution in [0.25, 0.3) is 0 Å². The third-order valence-electron chi connectivity index (χ3n) is 2.75. The van der Waals surface area contributed by atoms with Crippen LogP contribution in [0.4, 0.5) is 4.39 Å². The number of aromatic nitrogens is 3. The summed E-state index contributed by atoms with van der Waals surface area (Å²) >= 11 is 1.31. The maximum Gasteiger partial charge on any atom is 0.358 e. The van der Waals surface area contributed by atoms with Gasteiger partial charge in [-0.05, 0) is 17.7 Å². The molecule has 0 spiro atoms. The Labute approximate surface area is 128 Å². The van der Waals surface area contributed by atoms with E-state index in [1.165, 1.54) is 23.5 Å². The lowest BCUT2D eigenvalue weighted by Crippen LogP contribution is -2.05. The minimum Gasteiger partial charge on any atom is -0.451 e. The van der Waals surface area contributed by atoms with Crippen LogP contribution in [0, 0.1) is 5.82 Å². The minimum absolute atomic E-state index is 0.118. The summed E-state index contributed by atoms with van der Waals surface area (Å²) in [4.78, 5) is 19.6. The Kier molecular flexibility index (Phi) is 4.19. The molecule has 1 aromatic carbocycles. The largest absolute Gasteiger partial charge is 0.451 e. The molecule has 0 aliphatic heterocycles. The first-order valence-electron chi connectivity index (χ1n) is 6.32. The summed E-state index contributed by atoms with van der Waals surface area (Å²) in [5.41, 5.74) is 2.65. The molecule has 0 aliphatic carbocycles. The normalized spacial score (nSPS) is 10.6. The Morgan fingerprint density at radius 3 is 2.86 bits per heavy atom. The molecule has 0 aliphatic rings. The van der Waals surface area contributed by atoms with Crippen LogP contribution in [-0.2, 0) is 17.8 Å². The molecule has 0 unspecified atom stereocenters. The molecule has 2 aromatic heterocycles. The summed E-state index contributed by atoms with van der Waals surface area (Å²) < 4.78 is 22.8. The molecule has 8 heteroatoms. The van der Waals surface area contributed by atoms with E-state index >= 15 is 0 Å². The summed E-state index contributed by atoms with van der Waals surface area (Å²) in [6.07, 6.45) is 0.407. The van der Waals surface area contributed by atoms with Crippen molar-refractivity contribution in [3.63, 3.8) is 0 Å². The van der Waals surface area contributed by atoms with Gasteiger partial charge in [0.15, 0.2) is 18.1 Å². The molecule has 0 atom stereocenters. The number of rotatable bonds is 5. The van der Waals surface area contributed by atoms with Crippen molar-refractivity contribution < 1.29 is 18.4 Å². The van der Waals surface area contributed by atoms with Crippen LogP contribution in [0.15, 0.2) is 39.7 Å². The summed E-state index contributed by atoms with van der Waals surface area (Å²) in [6.45, 7) is -0.118. The number of halogens is 1. The van der Waals surface area contributed by atoms with Crippen molar-refractivity contribution in [2.75, 3.05) is 0 Å². The van der Waals surface area contributed by atoms with Crippen LogP contribution in [0.2, 0.25) is 0 Å². The second-order valence-corrected chi connectivity index (χ2v) is 5.08. The van der Waals surface area contributed by atoms with Gasteiger partial charge in [-0.2, -0.15) is 4.98 Å². The zero-order valence-corrected chi connectivity index (χ0v) is 12.0. The minimum atomic E-state index is -0.542. The molecule has 0 saturated heterocycles. The van der Waals surface area contributed by atoms with E-state index < -0.39 is 5.97 Å². The standard InChI is InChI=1S/C14H10FN3O3S/c15-10-3-1-9(2-4-10)5-12-17-13(21-18-12)6-20-14(19)11-7-22-8-16-11/h1-4,7-8H,5-6H2. The molecular formula is C14H10FN3O3S. The second kappa shape index (κ2) is 6.44. The van der Waals surface area contributed by atoms with Crippen molar-refractivity contribution in [2.45, 2.75) is 13.0 Å². The van der Waals surface area contributed by atoms with Gasteiger partial charge in [0, 0.05) is 11.8 Å². The van der Waals surface area contributed by atoms with Crippen LogP contribution in [-0.4, -0.2) is 21.1 Å². The van der Waals surface area contributed by atoms with Crippen LogP contribution < -0.4 is 0 Å². The van der Waals surface area contributed by atoms with Gasteiger partial charge in [-0.1, -0.05) is 17.3 Å². The maximum absolute atomic E-state index is 12.8. The quantitative estimate of drug-likeness (QED) is 0.673. The van der Waals surface area contributed by atoms with E-state index in [1.54, 1.807) is 23.0 Å². The lowest BCUT2D eigenvalue weighted by Gasteiger charge is -1.97. The van der Waals surface area contributed by atoms with E-state index in [2.05, 4.69) is 15.1 Å². The van der Waals surface area contributed by atoms with Crippen LogP contribution in [0.1, 0.15) is 27.8 Å². The van der Waals surface area contributed by atoms with Crippen molar-refractivity contribution in [1.29, 1.82) is 0 Å². The highest BCUT2D eigenvalue weighted by molar-refractivity contribution is 7.07. The maximum atomic E-state index is 12.8. The summed E-state index contributed by atoms with van der Waals surface area (Å²) in [6, 6.07) is 6.03. The van der Waals surface area contributed by atoms with Crippen LogP contribution >= 0.6 is 11.3 Å². The average molecular weight is 319 g/mol. The fourth-order valence-corrected chi connectivity index (χ4v) is 2.24. The van der Waals surface area contributed by atoms with Crippen molar-refractivity contribution in [3.8, 4) is 0 Å². The monoisotopic (exact) mass is 319 g/mol. The molecule has 3 aromatic rings. The molecule has 0 N–H and O–H groups in total. The molecule has 0 saturated carbocycles. The Bertz CT molecular complexity index is 756. The van der Waals surface area contributed by atoms with Gasteiger partial charge in [0.1, 0.15) is 5.82 Å². The van der Waals surface area contributed by atoms with Crippen molar-refractivity contribution in [3.05, 3.63) is 63.9 Å². The average Bonchev–Trinajstić information content (AvgIpc) is 3.19. The van der Waals surface area contributed by atoms with Gasteiger partial charge in [0.25, 0.3) is 5.89 Å². The van der Waals surface area contributed by atoms with Gasteiger partial charge in [-0.25, -0.2) is 14.2 Å². The lowest BCUT2D eigenvalue weighted by molar-refractivity contribution is 0.0424. The fraction of sp³-hybridized carbons (Fsp3) is 0.143. The molecule has 3 rings (SSSR count). The SMILES string of the molecule is O=C(OCc1nc(Cc2ccc(F)cc2)no1)c1cscn1. The first kappa shape index (κ1) is 14.3. The molecule has 0 amide bonds. The highest BCUT2D eigenvalue weighted by Gasteiger charge is 2.13. The molecule has 0 bridgehead atoms. The van der Waals surface area contributed by atoms with E-state index in [1.807, 2.05) is 0 Å². The molecule has 22 heavy (non-hydrogen) atoms. The van der Waals surface area contributed by atoms with Crippen molar-refractivity contribution in [1.82, 2.24) is 15.1 Å². The third kappa shape index (κ3) is 3.53. The third-order valence-corrected chi connectivity index (χ3v) is 3.34. The molecule has 2 heterocycles. The molecule has 112 valence electrons. The number of esters is 1. The Morgan fingerprint density at radius 2 is 2.14 bits per heavy atom. The van der Waals surface area contributed by atoms with Crippen molar-refractivity contribution in [2.24, 2.45) is 0 Å². The highest BCUT2D eigenvalue weighted by Crippen LogP contribution is 2.10. The predicted octanol–water partition coefficient (Wildman–Crippen LogP) is 2.61. The molecule has 0 radical (unpaired) electrons. The second-order valence-electron chi connectivity index (χ2n) is 4.36. The molecule has 0 fully saturated rings. The Balaban J connectivity index is 1.57. The Morgan fingerprint density at radius 1 is 1.32 bits per heavy atom. The number of carbonyl (C=O) groups is 1. The van der Waals surface area contributed by atoms with E-state index in [9.17, 15) is 9.18 Å². The van der Waals surface area contributed by atoms with Gasteiger partial charge in [0.05, 0.1) is 5.51 Å². The van der Waals surface area contributed by atoms with Crippen LogP contribution in [0.3, 0.4) is 0 Å². The molecular weight excluding hydrogens is 309 g/mol. The zero-order valence-electron chi connectivity index (χ0n) is 11.2. The zero-order chi connectivity index (χ0) is 15.4. The van der Waals surface area contributed by atoms with Gasteiger partial charge < -0.3 is 9.26 Å². The van der Waals surface area contributed by atoms with E-state index in [-0.39, 0.29) is 24.0 Å². The van der Waals surface area contributed by atoms with Crippen molar-refractivity contribution >= 4 is 17.3 Å². The van der Waals surface area contributed by atoms with E-state index in [0.717, 1.165) is 5.56 Å². The number of thiazole rings is 1. The van der Waals surface area contributed by atoms with Gasteiger partial charge >= 0.3 is 5.97 Å². The Hall–Kier alpha value is -2.61. The number of hydrogen-bond acceptors (Lipinski definition) is 7. The fourth-order valence-electron chi connectivity index (χ4n) is 1.72. The highest BCUT2D eigenvalue weighted by atomic mass is 32.1. The van der Waals surface area contributed by atoms with E-state index in [0.29, 0.717) is 12.2 Å². The predicted molar refractivity (Wildman–Crippen MR) is 74.7 cm³/mol. The summed E-state index contributed by atoms with van der Waals surface area (Å²) in [5, 5.41) is 5.38. The van der Waals surface area contributed by atoms with Gasteiger partial charge in [0.2, 0.25) is 0 Å². The molecule has 6 nitrogen and oxygen atoms in total.